The number of aromatic amines is 1. The lowest BCUT2D eigenvalue weighted by atomic mass is 9.71. The Hall–Kier alpha value is -2.19. The topological polar surface area (TPSA) is 89.8 Å². The van der Waals surface area contributed by atoms with Crippen LogP contribution < -0.4 is 9.96 Å². The van der Waals surface area contributed by atoms with Crippen LogP contribution >= 0.6 is 15.9 Å². The Morgan fingerprint density at radius 3 is 2.65 bits per heavy atom. The number of hydrogen-bond acceptors (Lipinski definition) is 4. The molecule has 1 aromatic heterocycles. The average Bonchev–Trinajstić information content (AvgIpc) is 2.98. The predicted molar refractivity (Wildman–Crippen MR) is 100 cm³/mol. The molecule has 3 aromatic rings. The Morgan fingerprint density at radius 1 is 1.27 bits per heavy atom. The zero-order valence-electron chi connectivity index (χ0n) is 14.4. The first kappa shape index (κ1) is 17.2. The molecular weight excluding hydrogens is 400 g/mol. The molecule has 0 amide bonds. The van der Waals surface area contributed by atoms with Crippen molar-refractivity contribution in [2.75, 3.05) is 7.11 Å². The molecule has 0 saturated carbocycles. The molecule has 0 saturated heterocycles. The molecule has 6 nitrogen and oxygen atoms in total. The molecule has 1 aliphatic rings. The van der Waals surface area contributed by atoms with Crippen molar-refractivity contribution in [1.82, 2.24) is 4.98 Å². The lowest BCUT2D eigenvalue weighted by Crippen LogP contribution is -2.99. The first-order valence-corrected chi connectivity index (χ1v) is 8.87. The number of ether oxygens (including phenoxy) is 1. The van der Waals surface area contributed by atoms with E-state index >= 15 is 0 Å². The Bertz CT molecular complexity index is 1070. The number of H-pyrrole nitrogens is 1. The third-order valence-electron chi connectivity index (χ3n) is 5.10. The first-order chi connectivity index (χ1) is 12.3. The number of ketones is 1. The second-order valence-electron chi connectivity index (χ2n) is 6.92. The average molecular weight is 417 g/mol. The van der Waals surface area contributed by atoms with E-state index in [1.165, 1.54) is 13.2 Å². The Kier molecular flexibility index (Phi) is 3.75. The molecule has 7 heteroatoms. The summed E-state index contributed by atoms with van der Waals surface area (Å²) in [4.78, 5) is 16.7. The third-order valence-corrected chi connectivity index (χ3v) is 5.59. The number of benzene rings is 2. The van der Waals surface area contributed by atoms with E-state index in [9.17, 15) is 15.2 Å². The van der Waals surface area contributed by atoms with E-state index in [2.05, 4.69) is 20.9 Å². The lowest BCUT2D eigenvalue weighted by molar-refractivity contribution is -0.991. The highest BCUT2D eigenvalue weighted by Crippen LogP contribution is 2.46. The van der Waals surface area contributed by atoms with E-state index in [1.54, 1.807) is 6.07 Å². The lowest BCUT2D eigenvalue weighted by Gasteiger charge is -2.33. The van der Waals surface area contributed by atoms with Gasteiger partial charge in [0.05, 0.1) is 12.7 Å². The summed E-state index contributed by atoms with van der Waals surface area (Å²) in [5.41, 5.74) is 2.94. The highest BCUT2D eigenvalue weighted by atomic mass is 79.9. The molecule has 0 bridgehead atoms. The standard InChI is InChI=1S/C19H17BrN2O4/c1-19(2)12-8-15(26-3)14(22(24)25)7-11(12)17(23)16-10-5-4-9(20)6-13(10)21-18(16)19/h4-8,21-22,24H,1-3H3. The number of nitrogens with one attached hydrogen (secondary N) is 2. The molecule has 0 spiro atoms. The largest absolute Gasteiger partial charge is 0.595 e. The van der Waals surface area contributed by atoms with Crippen molar-refractivity contribution < 1.29 is 20.0 Å². The van der Waals surface area contributed by atoms with Gasteiger partial charge in [0.2, 0.25) is 5.69 Å². The number of methoxy groups -OCH3 is 1. The molecule has 1 aliphatic carbocycles. The number of fused-ring (bicyclic) bond motifs is 4. The van der Waals surface area contributed by atoms with Crippen molar-refractivity contribution in [3.05, 3.63) is 62.4 Å². The maximum Gasteiger partial charge on any atom is 0.206 e. The summed E-state index contributed by atoms with van der Waals surface area (Å²) in [6, 6.07) is 8.82. The monoisotopic (exact) mass is 416 g/mol. The zero-order valence-corrected chi connectivity index (χ0v) is 16.0. The fraction of sp³-hybridized carbons (Fsp3) is 0.211. The van der Waals surface area contributed by atoms with Gasteiger partial charge in [0.25, 0.3) is 0 Å². The van der Waals surface area contributed by atoms with Crippen LogP contribution in [0, 0.1) is 5.21 Å². The van der Waals surface area contributed by atoms with Gasteiger partial charge in [0.1, 0.15) is 0 Å². The third kappa shape index (κ3) is 2.25. The maximum atomic E-state index is 13.3. The van der Waals surface area contributed by atoms with Gasteiger partial charge in [0.15, 0.2) is 11.5 Å². The highest BCUT2D eigenvalue weighted by Gasteiger charge is 2.41. The molecule has 4 rings (SSSR count). The van der Waals surface area contributed by atoms with Gasteiger partial charge in [-0.3, -0.25) is 4.79 Å². The van der Waals surface area contributed by atoms with Gasteiger partial charge in [0, 0.05) is 38.1 Å². The van der Waals surface area contributed by atoms with E-state index in [0.717, 1.165) is 26.6 Å². The number of hydrogen-bond donors (Lipinski definition) is 3. The molecular formula is C19H17BrN2O4. The van der Waals surface area contributed by atoms with Gasteiger partial charge in [-0.25, -0.2) is 5.21 Å². The minimum absolute atomic E-state index is 0.0126. The Morgan fingerprint density at radius 2 is 2.00 bits per heavy atom. The van der Waals surface area contributed by atoms with Crippen molar-refractivity contribution in [1.29, 1.82) is 0 Å². The number of halogens is 1. The van der Waals surface area contributed by atoms with E-state index in [-0.39, 0.29) is 17.2 Å². The Balaban J connectivity index is 2.06. The van der Waals surface area contributed by atoms with E-state index in [4.69, 9.17) is 4.74 Å². The van der Waals surface area contributed by atoms with Crippen LogP contribution in [0.4, 0.5) is 5.69 Å². The van der Waals surface area contributed by atoms with Crippen LogP contribution in [0.15, 0.2) is 34.8 Å². The minimum atomic E-state index is -1.12. The van der Waals surface area contributed by atoms with Gasteiger partial charge < -0.3 is 14.9 Å². The minimum Gasteiger partial charge on any atom is -0.595 e. The quantitative estimate of drug-likeness (QED) is 0.559. The van der Waals surface area contributed by atoms with Gasteiger partial charge in [-0.05, 0) is 23.8 Å². The van der Waals surface area contributed by atoms with E-state index < -0.39 is 10.6 Å². The second kappa shape index (κ2) is 5.65. The summed E-state index contributed by atoms with van der Waals surface area (Å²) in [6.45, 7) is 4.03. The molecule has 0 fully saturated rings. The normalized spacial score (nSPS) is 16.3. The van der Waals surface area contributed by atoms with E-state index in [0.29, 0.717) is 11.1 Å². The van der Waals surface area contributed by atoms with Crippen LogP contribution in [0.5, 0.6) is 5.75 Å². The van der Waals surface area contributed by atoms with Crippen molar-refractivity contribution in [3.8, 4) is 5.75 Å². The Labute approximate surface area is 158 Å². The van der Waals surface area contributed by atoms with Crippen LogP contribution in [0.1, 0.15) is 41.0 Å². The SMILES string of the molecule is COc1cc2c(cc1[NH+]([O-])O)C(=O)c1c([nH]c3cc(Br)ccc13)C2(C)C. The van der Waals surface area contributed by atoms with Gasteiger partial charge in [-0.1, -0.05) is 35.8 Å². The summed E-state index contributed by atoms with van der Waals surface area (Å²) in [6.07, 6.45) is 0. The van der Waals surface area contributed by atoms with Crippen LogP contribution in [0.2, 0.25) is 0 Å². The number of quaternary nitrogens is 1. The van der Waals surface area contributed by atoms with Gasteiger partial charge in [-0.15, -0.1) is 0 Å². The summed E-state index contributed by atoms with van der Waals surface area (Å²) in [5, 5.41) is 20.8. The fourth-order valence-corrected chi connectivity index (χ4v) is 4.13. The van der Waals surface area contributed by atoms with Crippen LogP contribution in [0.25, 0.3) is 10.9 Å². The molecule has 134 valence electrons. The number of carbonyl (C=O) groups is 1. The van der Waals surface area contributed by atoms with Crippen molar-refractivity contribution >= 4 is 38.3 Å². The van der Waals surface area contributed by atoms with Gasteiger partial charge >= 0.3 is 0 Å². The highest BCUT2D eigenvalue weighted by molar-refractivity contribution is 9.10. The molecule has 26 heavy (non-hydrogen) atoms. The first-order valence-electron chi connectivity index (χ1n) is 8.08. The summed E-state index contributed by atoms with van der Waals surface area (Å²) < 4.78 is 6.17. The molecule has 1 heterocycles. The van der Waals surface area contributed by atoms with Crippen molar-refractivity contribution in [2.45, 2.75) is 19.3 Å². The summed E-state index contributed by atoms with van der Waals surface area (Å²) >= 11 is 3.46. The molecule has 3 N–H and O–H groups in total. The van der Waals surface area contributed by atoms with Crippen LogP contribution in [-0.4, -0.2) is 23.1 Å². The molecule has 0 radical (unpaired) electrons. The van der Waals surface area contributed by atoms with E-state index in [1.807, 2.05) is 32.0 Å². The number of carbonyl (C=O) groups excluding carboxylic acids is 1. The number of aromatic nitrogens is 1. The van der Waals surface area contributed by atoms with Gasteiger partial charge in [-0.2, -0.15) is 5.23 Å². The summed E-state index contributed by atoms with van der Waals surface area (Å²) in [7, 11) is 1.43. The molecule has 1 atom stereocenters. The smallest absolute Gasteiger partial charge is 0.206 e. The van der Waals surface area contributed by atoms with Crippen molar-refractivity contribution in [3.63, 3.8) is 0 Å². The van der Waals surface area contributed by atoms with Crippen LogP contribution in [-0.2, 0) is 5.41 Å². The fourth-order valence-electron chi connectivity index (χ4n) is 3.76. The predicted octanol–water partition coefficient (Wildman–Crippen LogP) is 3.21. The second-order valence-corrected chi connectivity index (χ2v) is 7.84. The van der Waals surface area contributed by atoms with Crippen molar-refractivity contribution in [2.24, 2.45) is 0 Å². The molecule has 1 unspecified atom stereocenters. The number of rotatable bonds is 2. The molecule has 0 aliphatic heterocycles. The summed E-state index contributed by atoms with van der Waals surface area (Å²) in [5.74, 6) is 0.0764. The molecule has 2 aromatic carbocycles. The zero-order chi connectivity index (χ0) is 18.8. The van der Waals surface area contributed by atoms with Crippen LogP contribution in [0.3, 0.4) is 0 Å². The maximum absolute atomic E-state index is 13.3.